The Hall–Kier alpha value is -1.28. The van der Waals surface area contributed by atoms with Crippen LogP contribution < -0.4 is 0 Å². The monoisotopic (exact) mass is 247 g/mol. The van der Waals surface area contributed by atoms with Crippen molar-refractivity contribution in [2.75, 3.05) is 0 Å². The summed E-state index contributed by atoms with van der Waals surface area (Å²) in [4.78, 5) is 4.97. The van der Waals surface area contributed by atoms with E-state index in [0.29, 0.717) is 0 Å². The summed E-state index contributed by atoms with van der Waals surface area (Å²) in [6.07, 6.45) is 9.49. The number of allylic oxidation sites excluding steroid dienone is 5. The lowest BCUT2D eigenvalue weighted by atomic mass is 10.1. The lowest BCUT2D eigenvalue weighted by molar-refractivity contribution is 1.22. The molecule has 0 aliphatic heterocycles. The zero-order valence-corrected chi connectivity index (χ0v) is 12.0. The van der Waals surface area contributed by atoms with E-state index in [4.69, 9.17) is 0 Å². The van der Waals surface area contributed by atoms with Crippen LogP contribution >= 0.6 is 12.6 Å². The predicted octanol–water partition coefficient (Wildman–Crippen LogP) is 4.93. The molecule has 0 spiro atoms. The SMILES string of the molecule is C=C/C(C)=C\C=C(/C)c1cncc(S)c1.CC. The molecule has 0 aliphatic carbocycles. The van der Waals surface area contributed by atoms with E-state index in [2.05, 4.69) is 37.2 Å². The van der Waals surface area contributed by atoms with Gasteiger partial charge in [0.15, 0.2) is 0 Å². The van der Waals surface area contributed by atoms with Gasteiger partial charge in [-0.25, -0.2) is 0 Å². The molecule has 0 radical (unpaired) electrons. The molecule has 0 fully saturated rings. The Bertz CT molecular complexity index is 417. The summed E-state index contributed by atoms with van der Waals surface area (Å²) in [6, 6.07) is 2.00. The maximum absolute atomic E-state index is 4.25. The second-order valence-corrected chi connectivity index (χ2v) is 3.91. The summed E-state index contributed by atoms with van der Waals surface area (Å²) in [6.45, 7) is 11.8. The number of hydrogen-bond donors (Lipinski definition) is 1. The first-order valence-electron chi connectivity index (χ1n) is 5.75. The van der Waals surface area contributed by atoms with E-state index in [-0.39, 0.29) is 0 Å². The molecule has 0 bridgehead atoms. The fourth-order valence-electron chi connectivity index (χ4n) is 1.06. The van der Waals surface area contributed by atoms with Crippen LogP contribution in [0, 0.1) is 0 Å². The Kier molecular flexibility index (Phi) is 8.16. The van der Waals surface area contributed by atoms with Gasteiger partial charge in [0.25, 0.3) is 0 Å². The standard InChI is InChI=1S/C13H15NS.C2H6/c1-4-10(2)5-6-11(3)12-7-13(15)9-14-8-12;1-2/h4-9,15H,1H2,2-3H3;1-2H3/b10-5-,11-6+;. The minimum absolute atomic E-state index is 0.879. The van der Waals surface area contributed by atoms with Gasteiger partial charge in [0.1, 0.15) is 0 Å². The number of rotatable bonds is 3. The van der Waals surface area contributed by atoms with Crippen LogP contribution in [-0.4, -0.2) is 4.98 Å². The smallest absolute Gasteiger partial charge is 0.0401 e. The summed E-state index contributed by atoms with van der Waals surface area (Å²) >= 11 is 4.25. The maximum Gasteiger partial charge on any atom is 0.0401 e. The van der Waals surface area contributed by atoms with Crippen molar-refractivity contribution in [2.24, 2.45) is 0 Å². The molecule has 0 aliphatic rings. The molecular formula is C15H21NS. The Morgan fingerprint density at radius 1 is 1.24 bits per heavy atom. The van der Waals surface area contributed by atoms with Crippen molar-refractivity contribution < 1.29 is 0 Å². The van der Waals surface area contributed by atoms with Crippen molar-refractivity contribution in [3.63, 3.8) is 0 Å². The van der Waals surface area contributed by atoms with E-state index in [9.17, 15) is 0 Å². The number of pyridine rings is 1. The van der Waals surface area contributed by atoms with Crippen LogP contribution in [0.2, 0.25) is 0 Å². The Labute approximate surface area is 110 Å². The van der Waals surface area contributed by atoms with E-state index in [0.717, 1.165) is 16.0 Å². The molecule has 1 heterocycles. The van der Waals surface area contributed by atoms with E-state index >= 15 is 0 Å². The van der Waals surface area contributed by atoms with E-state index in [1.165, 1.54) is 5.57 Å². The summed E-state index contributed by atoms with van der Waals surface area (Å²) < 4.78 is 0. The van der Waals surface area contributed by atoms with E-state index in [1.807, 2.05) is 45.2 Å². The summed E-state index contributed by atoms with van der Waals surface area (Å²) in [5, 5.41) is 0. The number of thiol groups is 1. The molecule has 0 atom stereocenters. The second kappa shape index (κ2) is 8.82. The molecule has 0 saturated heterocycles. The van der Waals surface area contributed by atoms with Gasteiger partial charge in [-0.05, 0) is 31.1 Å². The lowest BCUT2D eigenvalue weighted by Crippen LogP contribution is -1.82. The Morgan fingerprint density at radius 3 is 2.41 bits per heavy atom. The maximum atomic E-state index is 4.25. The average molecular weight is 247 g/mol. The van der Waals surface area contributed by atoms with Gasteiger partial charge < -0.3 is 0 Å². The van der Waals surface area contributed by atoms with Crippen LogP contribution in [-0.2, 0) is 0 Å². The minimum atomic E-state index is 0.879. The summed E-state index contributed by atoms with van der Waals surface area (Å²) in [7, 11) is 0. The van der Waals surface area contributed by atoms with Crippen molar-refractivity contribution in [1.29, 1.82) is 0 Å². The zero-order valence-electron chi connectivity index (χ0n) is 11.1. The topological polar surface area (TPSA) is 12.9 Å². The molecule has 0 aromatic carbocycles. The van der Waals surface area contributed by atoms with Gasteiger partial charge >= 0.3 is 0 Å². The fourth-order valence-corrected chi connectivity index (χ4v) is 1.27. The van der Waals surface area contributed by atoms with Gasteiger partial charge in [-0.2, -0.15) is 0 Å². The van der Waals surface area contributed by atoms with Crippen molar-refractivity contribution in [1.82, 2.24) is 4.98 Å². The highest BCUT2D eigenvalue weighted by molar-refractivity contribution is 7.80. The molecule has 0 saturated carbocycles. The highest BCUT2D eigenvalue weighted by Crippen LogP contribution is 2.16. The normalized spacial score (nSPS) is 11.6. The first-order valence-corrected chi connectivity index (χ1v) is 6.20. The Balaban J connectivity index is 0.00000121. The number of aromatic nitrogens is 1. The second-order valence-electron chi connectivity index (χ2n) is 3.40. The van der Waals surface area contributed by atoms with Crippen LogP contribution in [0.3, 0.4) is 0 Å². The van der Waals surface area contributed by atoms with E-state index in [1.54, 1.807) is 6.20 Å². The van der Waals surface area contributed by atoms with Crippen molar-refractivity contribution in [3.05, 3.63) is 54.4 Å². The third kappa shape index (κ3) is 6.12. The highest BCUT2D eigenvalue weighted by Gasteiger charge is 1.95. The van der Waals surface area contributed by atoms with Gasteiger partial charge in [-0.1, -0.05) is 44.2 Å². The molecular weight excluding hydrogens is 226 g/mol. The molecule has 0 unspecified atom stereocenters. The zero-order chi connectivity index (χ0) is 13.3. The molecule has 1 rings (SSSR count). The van der Waals surface area contributed by atoms with Crippen LogP contribution in [0.4, 0.5) is 0 Å². The summed E-state index contributed by atoms with van der Waals surface area (Å²) in [5.74, 6) is 0. The molecule has 17 heavy (non-hydrogen) atoms. The molecule has 1 nitrogen and oxygen atoms in total. The quantitative estimate of drug-likeness (QED) is 0.590. The summed E-state index contributed by atoms with van der Waals surface area (Å²) in [5.41, 5.74) is 3.40. The molecule has 1 aromatic rings. The largest absolute Gasteiger partial charge is 0.263 e. The fraction of sp³-hybridized carbons (Fsp3) is 0.267. The number of nitrogens with zero attached hydrogens (tertiary/aromatic N) is 1. The van der Waals surface area contributed by atoms with Crippen LogP contribution in [0.15, 0.2) is 53.7 Å². The molecule has 2 heteroatoms. The molecule has 92 valence electrons. The highest BCUT2D eigenvalue weighted by atomic mass is 32.1. The van der Waals surface area contributed by atoms with E-state index < -0.39 is 0 Å². The van der Waals surface area contributed by atoms with Gasteiger partial charge in [0, 0.05) is 17.3 Å². The number of hydrogen-bond acceptors (Lipinski definition) is 2. The Morgan fingerprint density at radius 2 is 1.88 bits per heavy atom. The van der Waals surface area contributed by atoms with Crippen molar-refractivity contribution >= 4 is 18.2 Å². The lowest BCUT2D eigenvalue weighted by Gasteiger charge is -2.00. The van der Waals surface area contributed by atoms with Gasteiger partial charge in [-0.15, -0.1) is 12.6 Å². The van der Waals surface area contributed by atoms with Crippen LogP contribution in [0.25, 0.3) is 5.57 Å². The minimum Gasteiger partial charge on any atom is -0.263 e. The van der Waals surface area contributed by atoms with Crippen LogP contribution in [0.5, 0.6) is 0 Å². The van der Waals surface area contributed by atoms with Gasteiger partial charge in [0.2, 0.25) is 0 Å². The predicted molar refractivity (Wildman–Crippen MR) is 80.4 cm³/mol. The van der Waals surface area contributed by atoms with Gasteiger partial charge in [0.05, 0.1) is 0 Å². The van der Waals surface area contributed by atoms with Crippen molar-refractivity contribution in [2.45, 2.75) is 32.6 Å². The van der Waals surface area contributed by atoms with Crippen LogP contribution in [0.1, 0.15) is 33.3 Å². The van der Waals surface area contributed by atoms with Crippen molar-refractivity contribution in [3.8, 4) is 0 Å². The third-order valence-electron chi connectivity index (χ3n) is 2.10. The average Bonchev–Trinajstić information content (AvgIpc) is 2.37. The first-order chi connectivity index (χ1) is 8.13. The molecule has 0 N–H and O–H groups in total. The third-order valence-corrected chi connectivity index (χ3v) is 2.34. The first kappa shape index (κ1) is 15.7. The molecule has 1 aromatic heterocycles. The molecule has 0 amide bonds. The van der Waals surface area contributed by atoms with Gasteiger partial charge in [-0.3, -0.25) is 4.98 Å².